The van der Waals surface area contributed by atoms with Gasteiger partial charge in [-0.2, -0.15) is 0 Å². The third-order valence-electron chi connectivity index (χ3n) is 5.47. The lowest BCUT2D eigenvalue weighted by molar-refractivity contribution is -0.180. The number of nitrogens with one attached hydrogen (secondary N) is 2. The van der Waals surface area contributed by atoms with Crippen LogP contribution < -0.4 is 10.6 Å². The van der Waals surface area contributed by atoms with E-state index >= 15 is 0 Å². The summed E-state index contributed by atoms with van der Waals surface area (Å²) in [6, 6.07) is 6.08. The third-order valence-corrected chi connectivity index (χ3v) is 5.47. The van der Waals surface area contributed by atoms with Gasteiger partial charge in [0.2, 0.25) is 18.2 Å². The lowest BCUT2D eigenvalue weighted by atomic mass is 9.87. The highest BCUT2D eigenvalue weighted by Crippen LogP contribution is 2.30. The van der Waals surface area contributed by atoms with E-state index in [2.05, 4.69) is 16.7 Å². The summed E-state index contributed by atoms with van der Waals surface area (Å²) in [5, 5.41) is 14.2. The van der Waals surface area contributed by atoms with Gasteiger partial charge in [0.1, 0.15) is 12.1 Å². The van der Waals surface area contributed by atoms with E-state index in [9.17, 15) is 14.4 Å². The van der Waals surface area contributed by atoms with Crippen LogP contribution in [-0.4, -0.2) is 59.6 Å². The topological polar surface area (TPSA) is 117 Å². The minimum Gasteiger partial charge on any atom is -0.465 e. The number of hydrogen-bond donors (Lipinski definition) is 3. The van der Waals surface area contributed by atoms with E-state index in [-0.39, 0.29) is 31.6 Å². The number of carboxylic acid groups (broad SMARTS) is 1. The molecule has 1 aliphatic carbocycles. The molecule has 28 heavy (non-hydrogen) atoms. The minimum absolute atomic E-state index is 0.0103. The van der Waals surface area contributed by atoms with Gasteiger partial charge < -0.3 is 25.2 Å². The van der Waals surface area contributed by atoms with Gasteiger partial charge >= 0.3 is 6.09 Å². The summed E-state index contributed by atoms with van der Waals surface area (Å²) in [7, 11) is 0. The first-order valence-corrected chi connectivity index (χ1v) is 9.47. The molecule has 3 N–H and O–H groups in total. The van der Waals surface area contributed by atoms with E-state index in [1.165, 1.54) is 10.5 Å². The number of aryl methyl sites for hydroxylation is 1. The predicted octanol–water partition coefficient (Wildman–Crippen LogP) is 0.748. The number of fused-ring (bicyclic) bond motifs is 2. The molecule has 150 valence electrons. The zero-order valence-corrected chi connectivity index (χ0v) is 15.3. The first-order chi connectivity index (χ1) is 13.5. The third kappa shape index (κ3) is 3.55. The Morgan fingerprint density at radius 1 is 1.11 bits per heavy atom. The summed E-state index contributed by atoms with van der Waals surface area (Å²) in [5.74, 6) is -0.830. The van der Waals surface area contributed by atoms with Crippen molar-refractivity contribution in [1.82, 2.24) is 15.5 Å². The van der Waals surface area contributed by atoms with Gasteiger partial charge in [0.25, 0.3) is 0 Å². The SMILES string of the molecule is O=C(O)N[C@H]1CCO[C@H]2OCC(C(=O)N[C@@H]3CCCc4ccccc43)N2C1=O. The van der Waals surface area contributed by atoms with Crippen molar-refractivity contribution in [3.8, 4) is 0 Å². The molecular formula is C19H23N3O6. The number of benzene rings is 1. The summed E-state index contributed by atoms with van der Waals surface area (Å²) >= 11 is 0. The summed E-state index contributed by atoms with van der Waals surface area (Å²) in [6.45, 7) is 0.165. The molecule has 4 atom stereocenters. The highest BCUT2D eigenvalue weighted by atomic mass is 16.7. The molecule has 3 aliphatic rings. The first-order valence-electron chi connectivity index (χ1n) is 9.47. The number of carbonyl (C=O) groups is 3. The van der Waals surface area contributed by atoms with Gasteiger partial charge in [-0.15, -0.1) is 0 Å². The molecular weight excluding hydrogens is 366 g/mol. The van der Waals surface area contributed by atoms with E-state index in [0.29, 0.717) is 0 Å². The lowest BCUT2D eigenvalue weighted by Crippen LogP contribution is -2.55. The Morgan fingerprint density at radius 2 is 1.93 bits per heavy atom. The Labute approximate surface area is 162 Å². The van der Waals surface area contributed by atoms with Crippen LogP contribution in [0.1, 0.15) is 36.4 Å². The van der Waals surface area contributed by atoms with Crippen LogP contribution in [0, 0.1) is 0 Å². The number of amides is 3. The number of nitrogens with zero attached hydrogens (tertiary/aromatic N) is 1. The fourth-order valence-corrected chi connectivity index (χ4v) is 4.11. The highest BCUT2D eigenvalue weighted by Gasteiger charge is 2.47. The van der Waals surface area contributed by atoms with Crippen molar-refractivity contribution in [2.75, 3.05) is 13.2 Å². The monoisotopic (exact) mass is 389 g/mol. The van der Waals surface area contributed by atoms with Gasteiger partial charge in [-0.25, -0.2) is 4.79 Å². The molecule has 0 spiro atoms. The van der Waals surface area contributed by atoms with Crippen LogP contribution in [0.25, 0.3) is 0 Å². The minimum atomic E-state index is -1.29. The Kier molecular flexibility index (Phi) is 5.19. The Morgan fingerprint density at radius 3 is 2.75 bits per heavy atom. The molecule has 1 aromatic carbocycles. The average molecular weight is 389 g/mol. The second-order valence-corrected chi connectivity index (χ2v) is 7.22. The van der Waals surface area contributed by atoms with Crippen LogP contribution in [0.5, 0.6) is 0 Å². The van der Waals surface area contributed by atoms with Gasteiger partial charge in [-0.3, -0.25) is 14.5 Å². The standard InChI is InChI=1S/C19H23N3O6/c23-16(20-13-7-3-5-11-4-1-2-6-12(11)13)15-10-28-19-22(15)17(24)14(8-9-27-19)21-18(25)26/h1-2,4,6,13-15,19,21H,3,5,7-10H2,(H,20,23)(H,25,26)/t13-,14+,15?,19+/m1/s1. The fourth-order valence-electron chi connectivity index (χ4n) is 4.11. The van der Waals surface area contributed by atoms with Crippen LogP contribution >= 0.6 is 0 Å². The molecule has 1 aromatic rings. The first kappa shape index (κ1) is 18.7. The van der Waals surface area contributed by atoms with E-state index in [0.717, 1.165) is 24.8 Å². The van der Waals surface area contributed by atoms with Crippen molar-refractivity contribution in [3.63, 3.8) is 0 Å². The maximum absolute atomic E-state index is 13.0. The summed E-state index contributed by atoms with van der Waals surface area (Å²) in [6.07, 6.45) is 0.707. The normalized spacial score (nSPS) is 29.4. The second kappa shape index (κ2) is 7.76. The van der Waals surface area contributed by atoms with Gasteiger partial charge in [0.15, 0.2) is 0 Å². The summed E-state index contributed by atoms with van der Waals surface area (Å²) in [5.41, 5.74) is 2.32. The molecule has 0 radical (unpaired) electrons. The van der Waals surface area contributed by atoms with Crippen molar-refractivity contribution in [2.24, 2.45) is 0 Å². The van der Waals surface area contributed by atoms with E-state index in [1.54, 1.807) is 0 Å². The Bertz CT molecular complexity index is 785. The van der Waals surface area contributed by atoms with Crippen molar-refractivity contribution in [3.05, 3.63) is 35.4 Å². The van der Waals surface area contributed by atoms with Crippen molar-refractivity contribution in [2.45, 2.75) is 50.2 Å². The average Bonchev–Trinajstić information content (AvgIpc) is 3.04. The van der Waals surface area contributed by atoms with Crippen LogP contribution in [0.4, 0.5) is 4.79 Å². The van der Waals surface area contributed by atoms with Gasteiger partial charge in [-0.1, -0.05) is 24.3 Å². The molecule has 1 unspecified atom stereocenters. The van der Waals surface area contributed by atoms with E-state index in [1.807, 2.05) is 18.2 Å². The largest absolute Gasteiger partial charge is 0.465 e. The van der Waals surface area contributed by atoms with Crippen LogP contribution in [0.3, 0.4) is 0 Å². The zero-order chi connectivity index (χ0) is 19.7. The molecule has 2 saturated heterocycles. The summed E-state index contributed by atoms with van der Waals surface area (Å²) < 4.78 is 11.0. The molecule has 0 bridgehead atoms. The molecule has 9 heteroatoms. The van der Waals surface area contributed by atoms with Crippen molar-refractivity contribution in [1.29, 1.82) is 0 Å². The number of hydrogen-bond acceptors (Lipinski definition) is 5. The van der Waals surface area contributed by atoms with Crippen LogP contribution in [0.2, 0.25) is 0 Å². The van der Waals surface area contributed by atoms with Crippen LogP contribution in [-0.2, 0) is 25.5 Å². The molecule has 0 saturated carbocycles. The summed E-state index contributed by atoms with van der Waals surface area (Å²) in [4.78, 5) is 38.0. The molecule has 0 aromatic heterocycles. The molecule has 4 rings (SSSR count). The van der Waals surface area contributed by atoms with Gasteiger partial charge in [0, 0.05) is 6.42 Å². The smallest absolute Gasteiger partial charge is 0.405 e. The number of rotatable bonds is 3. The maximum Gasteiger partial charge on any atom is 0.405 e. The number of carbonyl (C=O) groups excluding carboxylic acids is 2. The van der Waals surface area contributed by atoms with Crippen molar-refractivity contribution >= 4 is 17.9 Å². The van der Waals surface area contributed by atoms with Gasteiger partial charge in [-0.05, 0) is 30.4 Å². The quantitative estimate of drug-likeness (QED) is 0.702. The number of ether oxygens (including phenoxy) is 2. The fraction of sp³-hybridized carbons (Fsp3) is 0.526. The highest BCUT2D eigenvalue weighted by molar-refractivity contribution is 5.92. The lowest BCUT2D eigenvalue weighted by Gasteiger charge is -2.30. The molecule has 9 nitrogen and oxygen atoms in total. The Balaban J connectivity index is 1.50. The predicted molar refractivity (Wildman–Crippen MR) is 96.2 cm³/mol. The van der Waals surface area contributed by atoms with E-state index < -0.39 is 30.5 Å². The van der Waals surface area contributed by atoms with Crippen LogP contribution in [0.15, 0.2) is 24.3 Å². The molecule has 2 fully saturated rings. The maximum atomic E-state index is 13.0. The van der Waals surface area contributed by atoms with Gasteiger partial charge in [0.05, 0.1) is 19.3 Å². The van der Waals surface area contributed by atoms with Crippen molar-refractivity contribution < 1.29 is 29.0 Å². The Hall–Kier alpha value is -2.65. The van der Waals surface area contributed by atoms with E-state index in [4.69, 9.17) is 14.6 Å². The molecule has 2 aliphatic heterocycles. The second-order valence-electron chi connectivity index (χ2n) is 7.22. The zero-order valence-electron chi connectivity index (χ0n) is 15.3. The molecule has 2 heterocycles. The molecule has 3 amide bonds.